The van der Waals surface area contributed by atoms with Gasteiger partial charge in [0, 0.05) is 24.1 Å². The third kappa shape index (κ3) is 7.54. The van der Waals surface area contributed by atoms with Gasteiger partial charge in [-0.1, -0.05) is 48.5 Å². The van der Waals surface area contributed by atoms with Gasteiger partial charge in [-0.2, -0.15) is 0 Å². The quantitative estimate of drug-likeness (QED) is 0.211. The van der Waals surface area contributed by atoms with Gasteiger partial charge in [-0.3, -0.25) is 15.0 Å². The lowest BCUT2D eigenvalue weighted by Gasteiger charge is -2.22. The monoisotopic (exact) mass is 513 g/mol. The van der Waals surface area contributed by atoms with Crippen molar-refractivity contribution < 1.29 is 23.5 Å². The molecule has 1 N–H and O–H groups in total. The van der Waals surface area contributed by atoms with Crippen LogP contribution in [0, 0.1) is 6.92 Å². The molecular formula is C30H31N3O5. The fourth-order valence-corrected chi connectivity index (χ4v) is 3.84. The fourth-order valence-electron chi connectivity index (χ4n) is 3.84. The number of oxazole rings is 1. The summed E-state index contributed by atoms with van der Waals surface area (Å²) in [5.41, 5.74) is 6.01. The van der Waals surface area contributed by atoms with Gasteiger partial charge >= 0.3 is 5.97 Å². The Hall–Kier alpha value is -4.43. The first-order valence-electron chi connectivity index (χ1n) is 12.5. The number of ether oxygens (including phenoxy) is 2. The number of hydrazine groups is 1. The van der Waals surface area contributed by atoms with Crippen molar-refractivity contribution >= 4 is 11.9 Å². The van der Waals surface area contributed by atoms with Crippen LogP contribution >= 0.6 is 0 Å². The Kier molecular flexibility index (Phi) is 9.26. The van der Waals surface area contributed by atoms with Crippen LogP contribution in [-0.4, -0.2) is 41.6 Å². The van der Waals surface area contributed by atoms with Gasteiger partial charge < -0.3 is 13.9 Å². The number of nitrogens with zero attached hydrogens (tertiary/aromatic N) is 2. The predicted molar refractivity (Wildman–Crippen MR) is 143 cm³/mol. The Morgan fingerprint density at radius 1 is 0.947 bits per heavy atom. The van der Waals surface area contributed by atoms with E-state index in [0.717, 1.165) is 22.6 Å². The summed E-state index contributed by atoms with van der Waals surface area (Å²) in [6, 6.07) is 26.2. The first-order chi connectivity index (χ1) is 18.5. The van der Waals surface area contributed by atoms with Crippen molar-refractivity contribution in [2.75, 3.05) is 19.8 Å². The fraction of sp³-hybridized carbons (Fsp3) is 0.233. The van der Waals surface area contributed by atoms with Crippen molar-refractivity contribution in [3.05, 3.63) is 108 Å². The highest BCUT2D eigenvalue weighted by Gasteiger charge is 2.16. The average molecular weight is 514 g/mol. The van der Waals surface area contributed by atoms with Crippen molar-refractivity contribution in [3.8, 4) is 17.2 Å². The summed E-state index contributed by atoms with van der Waals surface area (Å²) in [5.74, 6) is 1.38. The number of benzene rings is 3. The molecule has 8 heteroatoms. The molecule has 0 saturated carbocycles. The number of nitrogens with one attached hydrogen (secondary N) is 1. The standard InChI is InChI=1S/C30H31N3O5/c1-3-36-28(34)21-33(32-29(35)24-10-6-4-7-11-24)20-23-14-16-26(17-15-23)37-19-18-27-22(2)38-30(31-27)25-12-8-5-9-13-25/h4-17H,3,18-21H2,1-2H3,(H,32,35). The van der Waals surface area contributed by atoms with Gasteiger partial charge in [0.1, 0.15) is 18.1 Å². The highest BCUT2D eigenvalue weighted by Crippen LogP contribution is 2.22. The molecule has 8 nitrogen and oxygen atoms in total. The summed E-state index contributed by atoms with van der Waals surface area (Å²) in [4.78, 5) is 29.4. The molecule has 0 atom stereocenters. The molecule has 0 aliphatic heterocycles. The van der Waals surface area contributed by atoms with E-state index in [1.165, 1.54) is 0 Å². The van der Waals surface area contributed by atoms with Gasteiger partial charge in [0.2, 0.25) is 5.89 Å². The molecule has 0 aliphatic carbocycles. The van der Waals surface area contributed by atoms with Crippen molar-refractivity contribution in [2.45, 2.75) is 26.8 Å². The lowest BCUT2D eigenvalue weighted by Crippen LogP contribution is -2.44. The zero-order chi connectivity index (χ0) is 26.7. The minimum atomic E-state index is -0.417. The van der Waals surface area contributed by atoms with Crippen molar-refractivity contribution in [2.24, 2.45) is 0 Å². The summed E-state index contributed by atoms with van der Waals surface area (Å²) in [7, 11) is 0. The van der Waals surface area contributed by atoms with Crippen LogP contribution in [0.5, 0.6) is 5.75 Å². The van der Waals surface area contributed by atoms with E-state index in [9.17, 15) is 9.59 Å². The van der Waals surface area contributed by atoms with Crippen LogP contribution in [0.1, 0.15) is 34.3 Å². The number of amides is 1. The second-order valence-corrected chi connectivity index (χ2v) is 8.60. The first-order valence-corrected chi connectivity index (χ1v) is 12.5. The van der Waals surface area contributed by atoms with Crippen LogP contribution < -0.4 is 10.2 Å². The zero-order valence-electron chi connectivity index (χ0n) is 21.6. The smallest absolute Gasteiger partial charge is 0.322 e. The molecule has 3 aromatic carbocycles. The lowest BCUT2D eigenvalue weighted by molar-refractivity contribution is -0.145. The molecule has 38 heavy (non-hydrogen) atoms. The van der Waals surface area contributed by atoms with Crippen LogP contribution in [0.2, 0.25) is 0 Å². The Labute approximate surface area is 222 Å². The Balaban J connectivity index is 1.33. The zero-order valence-corrected chi connectivity index (χ0v) is 21.6. The summed E-state index contributed by atoms with van der Waals surface area (Å²) >= 11 is 0. The van der Waals surface area contributed by atoms with Crippen molar-refractivity contribution in [3.63, 3.8) is 0 Å². The third-order valence-corrected chi connectivity index (χ3v) is 5.74. The van der Waals surface area contributed by atoms with E-state index in [0.29, 0.717) is 36.8 Å². The number of aromatic nitrogens is 1. The van der Waals surface area contributed by atoms with Crippen molar-refractivity contribution in [1.82, 2.24) is 15.4 Å². The molecule has 0 fully saturated rings. The molecule has 4 aromatic rings. The number of hydrogen-bond acceptors (Lipinski definition) is 7. The van der Waals surface area contributed by atoms with Crippen molar-refractivity contribution in [1.29, 1.82) is 0 Å². The topological polar surface area (TPSA) is 93.9 Å². The van der Waals surface area contributed by atoms with E-state index in [-0.39, 0.29) is 19.1 Å². The molecule has 1 heterocycles. The van der Waals surface area contributed by atoms with Crippen LogP contribution in [-0.2, 0) is 22.5 Å². The molecule has 0 aliphatic rings. The van der Waals surface area contributed by atoms with E-state index >= 15 is 0 Å². The summed E-state index contributed by atoms with van der Waals surface area (Å²) < 4.78 is 16.8. The van der Waals surface area contributed by atoms with Gasteiger partial charge in [-0.25, -0.2) is 9.99 Å². The van der Waals surface area contributed by atoms with Gasteiger partial charge in [-0.05, 0) is 55.8 Å². The molecule has 0 bridgehead atoms. The van der Waals surface area contributed by atoms with E-state index in [1.54, 1.807) is 36.2 Å². The molecule has 4 rings (SSSR count). The SMILES string of the molecule is CCOC(=O)CN(Cc1ccc(OCCc2nc(-c3ccccc3)oc2C)cc1)NC(=O)c1ccccc1. The van der Waals surface area contributed by atoms with E-state index in [1.807, 2.05) is 67.6 Å². The molecule has 0 radical (unpaired) electrons. The average Bonchev–Trinajstić information content (AvgIpc) is 3.31. The van der Waals surface area contributed by atoms with Crippen LogP contribution in [0.3, 0.4) is 0 Å². The minimum Gasteiger partial charge on any atom is -0.493 e. The molecule has 0 saturated heterocycles. The lowest BCUT2D eigenvalue weighted by atomic mass is 10.2. The maximum Gasteiger partial charge on any atom is 0.322 e. The number of rotatable bonds is 12. The summed E-state index contributed by atoms with van der Waals surface area (Å²) in [6.45, 7) is 4.61. The van der Waals surface area contributed by atoms with E-state index < -0.39 is 5.97 Å². The molecule has 196 valence electrons. The summed E-state index contributed by atoms with van der Waals surface area (Å²) in [6.07, 6.45) is 0.614. The van der Waals surface area contributed by atoms with Gasteiger partial charge in [-0.15, -0.1) is 0 Å². The normalized spacial score (nSPS) is 10.8. The molecule has 1 aromatic heterocycles. The highest BCUT2D eigenvalue weighted by molar-refractivity contribution is 5.93. The number of carbonyl (C=O) groups excluding carboxylic acids is 2. The first kappa shape index (κ1) is 26.6. The minimum absolute atomic E-state index is 0.0767. The van der Waals surface area contributed by atoms with Gasteiger partial charge in [0.15, 0.2) is 0 Å². The predicted octanol–water partition coefficient (Wildman–Crippen LogP) is 4.98. The van der Waals surface area contributed by atoms with Gasteiger partial charge in [0.05, 0.1) is 18.9 Å². The number of aryl methyl sites for hydroxylation is 1. The molecule has 0 spiro atoms. The van der Waals surface area contributed by atoms with Crippen LogP contribution in [0.4, 0.5) is 0 Å². The second kappa shape index (κ2) is 13.2. The van der Waals surface area contributed by atoms with Gasteiger partial charge in [0.25, 0.3) is 5.91 Å². The number of esters is 1. The summed E-state index contributed by atoms with van der Waals surface area (Å²) in [5, 5.41) is 1.54. The third-order valence-electron chi connectivity index (χ3n) is 5.74. The maximum absolute atomic E-state index is 12.6. The molecular weight excluding hydrogens is 482 g/mol. The Morgan fingerprint density at radius 3 is 2.32 bits per heavy atom. The maximum atomic E-state index is 12.6. The number of hydrogen-bond donors (Lipinski definition) is 1. The van der Waals surface area contributed by atoms with Crippen LogP contribution in [0.15, 0.2) is 89.3 Å². The molecule has 0 unspecified atom stereocenters. The van der Waals surface area contributed by atoms with Crippen LogP contribution in [0.25, 0.3) is 11.5 Å². The Bertz CT molecular complexity index is 1320. The Morgan fingerprint density at radius 2 is 1.63 bits per heavy atom. The van der Waals surface area contributed by atoms with E-state index in [4.69, 9.17) is 13.9 Å². The van der Waals surface area contributed by atoms with E-state index in [2.05, 4.69) is 10.4 Å². The molecule has 1 amide bonds. The largest absolute Gasteiger partial charge is 0.493 e. The number of carbonyl (C=O) groups is 2. The second-order valence-electron chi connectivity index (χ2n) is 8.60. The highest BCUT2D eigenvalue weighted by atomic mass is 16.5.